The highest BCUT2D eigenvalue weighted by atomic mass is 16.7. The van der Waals surface area contributed by atoms with Crippen LogP contribution in [-0.2, 0) is 4.79 Å². The van der Waals surface area contributed by atoms with Crippen LogP contribution in [0.25, 0.3) is 112 Å². The predicted molar refractivity (Wildman–Crippen MR) is 500 cm³/mol. The Kier molecular flexibility index (Phi) is 28.1. The standard InChI is InChI=1S/C23H23NO4.C22H15NO4.C21H13NO5.C21H13NO4.C20H12N2O4/c1-2-15-7-9-17(10-8-15)22(25)27-18-13-11-16(12-14-18)21-24-20-6-4-3-5-19(20)23(26)28-21;1-14-6-8-16(9-7-14)21(24)26-17-12-10-15(11-13-17)20-23-19-5-3-2-4-18(19)22(25)27-20;23-20-17-8-4-5-9-18(17)22-19(27-20)14-10-12-16(13-11-14)26-21(24)25-15-6-2-1-3-7-15;23-20(15-6-2-1-3-7-15)25-16-12-10-14(11-13-16)19-22-18-9-5-4-8-17(18)21(24)26-19;23-19-15-5-1-2-6-16(15)22-18(26-19)13-8-10-14(11-9-13)25-20(24)17-7-3-4-12-21-17/h3-6,11-15,17H,2,7-10H2,1H3;2-13H,1H3;1-13H;1-13H;1-12H. The molecule has 19 aromatic rings. The van der Waals surface area contributed by atoms with E-state index in [-0.39, 0.29) is 47.0 Å². The van der Waals surface area contributed by atoms with E-state index < -0.39 is 52.2 Å². The van der Waals surface area contributed by atoms with Crippen molar-refractivity contribution in [3.63, 3.8) is 0 Å². The average Bonchev–Trinajstić information content (AvgIpc) is 0.817. The summed E-state index contributed by atoms with van der Waals surface area (Å²) in [6, 6.07) is 97.7. The predicted octanol–water partition coefficient (Wildman–Crippen LogP) is 21.3. The van der Waals surface area contributed by atoms with Gasteiger partial charge in [0.15, 0.2) is 0 Å². The van der Waals surface area contributed by atoms with Gasteiger partial charge >= 0.3 is 58.2 Å². The maximum Gasteiger partial charge on any atom is 0.519 e. The zero-order chi connectivity index (χ0) is 92.8. The van der Waals surface area contributed by atoms with Crippen molar-refractivity contribution < 1.29 is 74.5 Å². The molecular weight excluding hydrogens is 1710 g/mol. The summed E-state index contributed by atoms with van der Waals surface area (Å²) in [5.41, 5.74) is 5.96. The van der Waals surface area contributed by atoms with Gasteiger partial charge in [0.25, 0.3) is 0 Å². The molecule has 0 N–H and O–H groups in total. The van der Waals surface area contributed by atoms with Crippen LogP contribution in [-0.4, -0.2) is 59.9 Å². The summed E-state index contributed by atoms with van der Waals surface area (Å²) in [5, 5.41) is 2.17. The van der Waals surface area contributed by atoms with Crippen LogP contribution in [0.5, 0.6) is 34.5 Å². The molecule has 27 nitrogen and oxygen atoms in total. The molecule has 27 heteroatoms. The summed E-state index contributed by atoms with van der Waals surface area (Å²) in [5.74, 6) is 2.57. The minimum Gasteiger partial charge on any atom is -0.426 e. The maximum atomic E-state index is 12.4. The molecule has 0 saturated heterocycles. The Hall–Kier alpha value is -18.1. The molecule has 0 radical (unpaired) electrons. The second kappa shape index (κ2) is 42.2. The molecule has 0 bridgehead atoms. The lowest BCUT2D eigenvalue weighted by atomic mass is 9.81. The Balaban J connectivity index is 0.000000122. The minimum absolute atomic E-state index is 0.0114. The third-order valence-electron chi connectivity index (χ3n) is 21.1. The quantitative estimate of drug-likeness (QED) is 0.0492. The first-order valence-electron chi connectivity index (χ1n) is 42.2. The maximum absolute atomic E-state index is 12.4. The number of hydrogen-bond acceptors (Lipinski definition) is 27. The molecule has 134 heavy (non-hydrogen) atoms. The molecule has 0 spiro atoms. The molecule has 6 heterocycles. The van der Waals surface area contributed by atoms with Gasteiger partial charge in [-0.05, 0) is 269 Å². The fourth-order valence-corrected chi connectivity index (χ4v) is 14.0. The topological polar surface area (TPSA) is 369 Å². The Labute approximate surface area is 760 Å². The van der Waals surface area contributed by atoms with Crippen molar-refractivity contribution in [2.45, 2.75) is 46.0 Å². The zero-order valence-corrected chi connectivity index (χ0v) is 71.4. The van der Waals surface area contributed by atoms with Gasteiger partial charge in [-0.15, -0.1) is 0 Å². The van der Waals surface area contributed by atoms with Gasteiger partial charge in [-0.2, -0.15) is 0 Å². The highest BCUT2D eigenvalue weighted by Crippen LogP contribution is 2.34. The van der Waals surface area contributed by atoms with E-state index in [9.17, 15) is 47.9 Å². The number of esters is 4. The largest absolute Gasteiger partial charge is 0.519 e. The van der Waals surface area contributed by atoms with E-state index in [2.05, 4.69) is 36.8 Å². The zero-order valence-electron chi connectivity index (χ0n) is 71.4. The van der Waals surface area contributed by atoms with E-state index >= 15 is 0 Å². The molecule has 0 aliphatic heterocycles. The fourth-order valence-electron chi connectivity index (χ4n) is 14.0. The Morgan fingerprint density at radius 3 is 0.881 bits per heavy atom. The minimum atomic E-state index is -0.843. The van der Waals surface area contributed by atoms with Gasteiger partial charge in [-0.1, -0.05) is 134 Å². The molecule has 1 fully saturated rings. The first-order chi connectivity index (χ1) is 65.3. The SMILES string of the molecule is CCC1CCC(C(=O)Oc2ccc(-c3nc4ccccc4c(=O)o3)cc2)CC1.Cc1ccc(C(=O)Oc2ccc(-c3nc4ccccc4c(=O)o3)cc2)cc1.O=C(Oc1ccc(-c2nc3ccccc3c(=O)o2)cc1)c1ccccc1.O=C(Oc1ccc(-c2nc3ccccc3c(=O)o2)cc1)c1ccccn1.O=C(Oc1ccccc1)Oc1ccc(-c2nc3ccccc3c(=O)o2)cc1. The molecule has 1 saturated carbocycles. The van der Waals surface area contributed by atoms with Gasteiger partial charge in [0.1, 0.15) is 40.2 Å². The van der Waals surface area contributed by atoms with Crippen LogP contribution in [0, 0.1) is 18.8 Å². The second-order valence-electron chi connectivity index (χ2n) is 30.2. The molecule has 6 aromatic heterocycles. The van der Waals surface area contributed by atoms with Crippen LogP contribution in [0.2, 0.25) is 0 Å². The summed E-state index contributed by atoms with van der Waals surface area (Å²) in [6.45, 7) is 4.16. The van der Waals surface area contributed by atoms with Crippen LogP contribution >= 0.6 is 0 Å². The number of pyridine rings is 1. The number of ether oxygens (including phenoxy) is 6. The van der Waals surface area contributed by atoms with Gasteiger partial charge < -0.3 is 50.5 Å². The van der Waals surface area contributed by atoms with Gasteiger partial charge in [-0.3, -0.25) is 4.79 Å². The van der Waals surface area contributed by atoms with Crippen molar-refractivity contribution >= 4 is 84.5 Å². The summed E-state index contributed by atoms with van der Waals surface area (Å²) < 4.78 is 58.2. The Morgan fingerprint density at radius 2 is 0.560 bits per heavy atom. The van der Waals surface area contributed by atoms with Crippen molar-refractivity contribution in [1.82, 2.24) is 29.9 Å². The van der Waals surface area contributed by atoms with Crippen molar-refractivity contribution in [3.8, 4) is 91.8 Å². The van der Waals surface area contributed by atoms with E-state index in [1.807, 2.05) is 49.4 Å². The molecule has 13 aromatic carbocycles. The lowest BCUT2D eigenvalue weighted by molar-refractivity contribution is -0.140. The molecule has 0 amide bonds. The summed E-state index contributed by atoms with van der Waals surface area (Å²) >= 11 is 0. The highest BCUT2D eigenvalue weighted by Gasteiger charge is 2.28. The molecule has 1 aliphatic carbocycles. The molecule has 660 valence electrons. The number of nitrogens with zero attached hydrogens (tertiary/aromatic N) is 6. The van der Waals surface area contributed by atoms with E-state index in [1.54, 1.807) is 303 Å². The number of carbonyl (C=O) groups excluding carboxylic acids is 5. The fraction of sp³-hybridized carbons (Fsp3) is 0.0841. The molecule has 0 unspecified atom stereocenters. The van der Waals surface area contributed by atoms with Crippen molar-refractivity contribution in [3.05, 3.63) is 426 Å². The molecule has 20 rings (SSSR count). The number of para-hydroxylation sites is 6. The number of hydrogen-bond donors (Lipinski definition) is 0. The van der Waals surface area contributed by atoms with Crippen LogP contribution in [0.3, 0.4) is 0 Å². The third-order valence-corrected chi connectivity index (χ3v) is 21.1. The number of benzene rings is 13. The van der Waals surface area contributed by atoms with Crippen LogP contribution in [0.15, 0.2) is 398 Å². The van der Waals surface area contributed by atoms with E-state index in [0.717, 1.165) is 37.2 Å². The smallest absolute Gasteiger partial charge is 0.426 e. The Bertz CT molecular complexity index is 7580. The summed E-state index contributed by atoms with van der Waals surface area (Å²) in [6.07, 6.45) is 5.87. The van der Waals surface area contributed by atoms with Gasteiger partial charge in [0.05, 0.1) is 71.6 Å². The number of aryl methyl sites for hydroxylation is 1. The lowest BCUT2D eigenvalue weighted by Gasteiger charge is -2.26. The van der Waals surface area contributed by atoms with Crippen molar-refractivity contribution in [1.29, 1.82) is 0 Å². The van der Waals surface area contributed by atoms with Crippen LogP contribution in [0.1, 0.15) is 75.8 Å². The van der Waals surface area contributed by atoms with Gasteiger partial charge in [-0.25, -0.2) is 73.1 Å². The monoisotopic (exact) mass is 1780 g/mol. The number of aromatic nitrogens is 6. The normalized spacial score (nSPS) is 12.5. The molecular formula is C107H76N6O21. The van der Waals surface area contributed by atoms with Crippen LogP contribution < -0.4 is 56.5 Å². The first-order valence-corrected chi connectivity index (χ1v) is 42.2. The van der Waals surface area contributed by atoms with E-state index in [0.29, 0.717) is 128 Å². The molecule has 1 aliphatic rings. The van der Waals surface area contributed by atoms with E-state index in [1.165, 1.54) is 12.6 Å². The third kappa shape index (κ3) is 22.7. The van der Waals surface area contributed by atoms with Crippen molar-refractivity contribution in [2.24, 2.45) is 11.8 Å². The van der Waals surface area contributed by atoms with E-state index in [4.69, 9.17) is 50.5 Å². The molecule has 0 atom stereocenters. The lowest BCUT2D eigenvalue weighted by Crippen LogP contribution is -2.25. The number of rotatable bonds is 16. The average molecular weight is 1780 g/mol. The van der Waals surface area contributed by atoms with Gasteiger partial charge in [0, 0.05) is 34.0 Å². The van der Waals surface area contributed by atoms with Crippen molar-refractivity contribution in [2.75, 3.05) is 0 Å². The first kappa shape index (κ1) is 89.3. The summed E-state index contributed by atoms with van der Waals surface area (Å²) in [4.78, 5) is 147. The van der Waals surface area contributed by atoms with Crippen LogP contribution in [0.4, 0.5) is 4.79 Å². The summed E-state index contributed by atoms with van der Waals surface area (Å²) in [7, 11) is 0. The number of carbonyl (C=O) groups is 5. The second-order valence-corrected chi connectivity index (χ2v) is 30.2. The number of fused-ring (bicyclic) bond motifs is 5. The highest BCUT2D eigenvalue weighted by molar-refractivity contribution is 5.93. The Morgan fingerprint density at radius 1 is 0.284 bits per heavy atom. The van der Waals surface area contributed by atoms with Gasteiger partial charge in [0.2, 0.25) is 29.5 Å².